The van der Waals surface area contributed by atoms with Gasteiger partial charge in [-0.3, -0.25) is 9.59 Å². The van der Waals surface area contributed by atoms with Crippen molar-refractivity contribution in [3.63, 3.8) is 0 Å². The zero-order valence-electron chi connectivity index (χ0n) is 8.53. The van der Waals surface area contributed by atoms with Gasteiger partial charge in [0.25, 0.3) is 5.91 Å². The summed E-state index contributed by atoms with van der Waals surface area (Å²) in [5.74, 6) is -1.59. The van der Waals surface area contributed by atoms with Gasteiger partial charge in [0.05, 0.1) is 5.56 Å². The number of hydrogen-bond donors (Lipinski definition) is 3. The Kier molecular flexibility index (Phi) is 3.89. The number of benzene rings is 1. The number of carboxylic acids is 1. The van der Waals surface area contributed by atoms with Crippen molar-refractivity contribution >= 4 is 33.5 Å². The van der Waals surface area contributed by atoms with Crippen molar-refractivity contribution in [1.29, 1.82) is 0 Å². The Bertz CT molecular complexity index is 434. The lowest BCUT2D eigenvalue weighted by Gasteiger charge is -2.10. The second-order valence-corrected chi connectivity index (χ2v) is 4.18. The van der Waals surface area contributed by atoms with Crippen LogP contribution < -0.4 is 11.1 Å². The number of carboxylic acid groups (broad SMARTS) is 1. The first-order valence-corrected chi connectivity index (χ1v) is 5.30. The molecule has 0 saturated heterocycles. The molecule has 1 aromatic rings. The minimum atomic E-state index is -1.09. The molecule has 0 fully saturated rings. The topological polar surface area (TPSA) is 92.4 Å². The van der Waals surface area contributed by atoms with Crippen LogP contribution in [0.2, 0.25) is 0 Å². The number of halogens is 1. The van der Waals surface area contributed by atoms with Gasteiger partial charge in [-0.15, -0.1) is 0 Å². The minimum absolute atomic E-state index is 0.260. The molecule has 0 aliphatic carbocycles. The Labute approximate surface area is 101 Å². The molecular formula is C10H11BrN2O3. The first-order valence-electron chi connectivity index (χ1n) is 4.50. The highest BCUT2D eigenvalue weighted by atomic mass is 79.9. The lowest BCUT2D eigenvalue weighted by Crippen LogP contribution is -2.38. The zero-order valence-corrected chi connectivity index (χ0v) is 10.1. The predicted molar refractivity (Wildman–Crippen MR) is 63.1 cm³/mol. The number of aliphatic carboxylic acids is 1. The van der Waals surface area contributed by atoms with Gasteiger partial charge in [0.15, 0.2) is 0 Å². The molecule has 0 spiro atoms. The summed E-state index contributed by atoms with van der Waals surface area (Å²) >= 11 is 3.21. The van der Waals surface area contributed by atoms with E-state index in [4.69, 9.17) is 10.8 Å². The van der Waals surface area contributed by atoms with Gasteiger partial charge < -0.3 is 16.2 Å². The summed E-state index contributed by atoms with van der Waals surface area (Å²) in [5.41, 5.74) is 6.19. The average molecular weight is 287 g/mol. The highest BCUT2D eigenvalue weighted by molar-refractivity contribution is 9.10. The van der Waals surface area contributed by atoms with Gasteiger partial charge in [-0.2, -0.15) is 0 Å². The second-order valence-electron chi connectivity index (χ2n) is 3.26. The van der Waals surface area contributed by atoms with Crippen LogP contribution in [-0.4, -0.2) is 23.0 Å². The molecule has 86 valence electrons. The number of carbonyl (C=O) groups is 2. The number of nitrogens with one attached hydrogen (secondary N) is 1. The summed E-state index contributed by atoms with van der Waals surface area (Å²) in [7, 11) is 0. The molecule has 0 aliphatic rings. The van der Waals surface area contributed by atoms with Crippen LogP contribution in [0.15, 0.2) is 22.7 Å². The van der Waals surface area contributed by atoms with Crippen LogP contribution >= 0.6 is 15.9 Å². The third-order valence-electron chi connectivity index (χ3n) is 1.98. The van der Waals surface area contributed by atoms with Crippen LogP contribution in [0.3, 0.4) is 0 Å². The first-order chi connectivity index (χ1) is 7.41. The summed E-state index contributed by atoms with van der Waals surface area (Å²) in [4.78, 5) is 22.2. The molecule has 0 bridgehead atoms. The van der Waals surface area contributed by atoms with E-state index in [1.165, 1.54) is 13.0 Å². The molecule has 16 heavy (non-hydrogen) atoms. The summed E-state index contributed by atoms with van der Waals surface area (Å²) in [6.07, 6.45) is 0. The third kappa shape index (κ3) is 2.96. The zero-order chi connectivity index (χ0) is 12.3. The number of anilines is 1. The number of nitrogens with two attached hydrogens (primary N) is 1. The Balaban J connectivity index is 2.85. The number of nitrogen functional groups attached to an aromatic ring is 1. The van der Waals surface area contributed by atoms with Gasteiger partial charge in [0.1, 0.15) is 6.04 Å². The quantitative estimate of drug-likeness (QED) is 0.729. The highest BCUT2D eigenvalue weighted by Crippen LogP contribution is 2.18. The molecule has 1 unspecified atom stereocenters. The molecule has 4 N–H and O–H groups in total. The van der Waals surface area contributed by atoms with Gasteiger partial charge in [-0.05, 0) is 25.1 Å². The maximum Gasteiger partial charge on any atom is 0.325 e. The van der Waals surface area contributed by atoms with Crippen LogP contribution in [-0.2, 0) is 4.79 Å². The molecule has 0 radical (unpaired) electrons. The van der Waals surface area contributed by atoms with Crippen molar-refractivity contribution in [3.05, 3.63) is 28.2 Å². The Morgan fingerprint density at radius 3 is 2.62 bits per heavy atom. The van der Waals surface area contributed by atoms with E-state index in [0.717, 1.165) is 4.47 Å². The monoisotopic (exact) mass is 286 g/mol. The molecule has 5 nitrogen and oxygen atoms in total. The van der Waals surface area contributed by atoms with Gasteiger partial charge in [0, 0.05) is 10.2 Å². The number of hydrogen-bond acceptors (Lipinski definition) is 3. The summed E-state index contributed by atoms with van der Waals surface area (Å²) in [6, 6.07) is 3.83. The fourth-order valence-electron chi connectivity index (χ4n) is 1.08. The van der Waals surface area contributed by atoms with Gasteiger partial charge in [-0.1, -0.05) is 15.9 Å². The molecule has 1 amide bonds. The van der Waals surface area contributed by atoms with Crippen LogP contribution in [0.1, 0.15) is 17.3 Å². The maximum absolute atomic E-state index is 11.6. The van der Waals surface area contributed by atoms with Crippen molar-refractivity contribution < 1.29 is 14.7 Å². The second kappa shape index (κ2) is 4.98. The van der Waals surface area contributed by atoms with Gasteiger partial charge >= 0.3 is 5.97 Å². The molecule has 0 saturated carbocycles. The van der Waals surface area contributed by atoms with E-state index in [1.54, 1.807) is 12.1 Å². The molecule has 0 aliphatic heterocycles. The highest BCUT2D eigenvalue weighted by Gasteiger charge is 2.16. The van der Waals surface area contributed by atoms with Crippen LogP contribution in [0, 0.1) is 0 Å². The van der Waals surface area contributed by atoms with Crippen LogP contribution in [0.4, 0.5) is 5.69 Å². The molecule has 1 atom stereocenters. The summed E-state index contributed by atoms with van der Waals surface area (Å²) in [6.45, 7) is 1.38. The Morgan fingerprint density at radius 2 is 2.12 bits per heavy atom. The van der Waals surface area contributed by atoms with Crippen molar-refractivity contribution in [2.24, 2.45) is 0 Å². The van der Waals surface area contributed by atoms with E-state index in [1.807, 2.05) is 0 Å². The van der Waals surface area contributed by atoms with Crippen LogP contribution in [0.25, 0.3) is 0 Å². The average Bonchev–Trinajstić information content (AvgIpc) is 2.16. The smallest absolute Gasteiger partial charge is 0.325 e. The number of carbonyl (C=O) groups excluding carboxylic acids is 1. The molecular weight excluding hydrogens is 276 g/mol. The lowest BCUT2D eigenvalue weighted by molar-refractivity contribution is -0.138. The van der Waals surface area contributed by atoms with Crippen molar-refractivity contribution in [3.8, 4) is 0 Å². The summed E-state index contributed by atoms with van der Waals surface area (Å²) in [5, 5.41) is 11.0. The molecule has 6 heteroatoms. The van der Waals surface area contributed by atoms with Gasteiger partial charge in [-0.25, -0.2) is 0 Å². The maximum atomic E-state index is 11.6. The van der Waals surface area contributed by atoms with E-state index >= 15 is 0 Å². The predicted octanol–water partition coefficient (Wildman–Crippen LogP) is 1.23. The fourth-order valence-corrected chi connectivity index (χ4v) is 1.46. The number of amides is 1. The molecule has 0 heterocycles. The third-order valence-corrected chi connectivity index (χ3v) is 2.47. The van der Waals surface area contributed by atoms with E-state index in [-0.39, 0.29) is 5.56 Å². The molecule has 1 aromatic carbocycles. The van der Waals surface area contributed by atoms with Gasteiger partial charge in [0.2, 0.25) is 0 Å². The fraction of sp³-hybridized carbons (Fsp3) is 0.200. The Morgan fingerprint density at radius 1 is 1.50 bits per heavy atom. The largest absolute Gasteiger partial charge is 0.480 e. The SMILES string of the molecule is CC(NC(=O)c1ccc(Br)cc1N)C(=O)O. The minimum Gasteiger partial charge on any atom is -0.480 e. The van der Waals surface area contributed by atoms with E-state index < -0.39 is 17.9 Å². The molecule has 0 aromatic heterocycles. The Hall–Kier alpha value is -1.56. The van der Waals surface area contributed by atoms with E-state index in [9.17, 15) is 9.59 Å². The molecule has 1 rings (SSSR count). The number of rotatable bonds is 3. The normalized spacial score (nSPS) is 11.9. The van der Waals surface area contributed by atoms with Crippen molar-refractivity contribution in [1.82, 2.24) is 5.32 Å². The standard InChI is InChI=1S/C10H11BrN2O3/c1-5(10(15)16)13-9(14)7-3-2-6(11)4-8(7)12/h2-5H,12H2,1H3,(H,13,14)(H,15,16). The van der Waals surface area contributed by atoms with Crippen LogP contribution in [0.5, 0.6) is 0 Å². The van der Waals surface area contributed by atoms with E-state index in [0.29, 0.717) is 5.69 Å². The van der Waals surface area contributed by atoms with E-state index in [2.05, 4.69) is 21.2 Å². The van der Waals surface area contributed by atoms with Crippen molar-refractivity contribution in [2.45, 2.75) is 13.0 Å². The summed E-state index contributed by atoms with van der Waals surface area (Å²) < 4.78 is 0.757. The lowest BCUT2D eigenvalue weighted by atomic mass is 10.1. The first kappa shape index (κ1) is 12.5. The van der Waals surface area contributed by atoms with Crippen molar-refractivity contribution in [2.75, 3.05) is 5.73 Å².